The van der Waals surface area contributed by atoms with Crippen LogP contribution in [0.4, 0.5) is 11.4 Å². The maximum absolute atomic E-state index is 12.2. The molecule has 0 saturated heterocycles. The molecule has 0 aliphatic heterocycles. The molecule has 0 fully saturated rings. The van der Waals surface area contributed by atoms with Crippen LogP contribution < -0.4 is 10.6 Å². The number of nitrogens with one attached hydrogen (secondary N) is 2. The van der Waals surface area contributed by atoms with E-state index in [1.54, 1.807) is 0 Å². The second-order valence-electron chi connectivity index (χ2n) is 6.51. The van der Waals surface area contributed by atoms with E-state index in [1.165, 1.54) is 0 Å². The highest BCUT2D eigenvalue weighted by atomic mass is 16.1. The van der Waals surface area contributed by atoms with E-state index in [-0.39, 0.29) is 17.9 Å². The van der Waals surface area contributed by atoms with Gasteiger partial charge in [0.05, 0.1) is 6.54 Å². The lowest BCUT2D eigenvalue weighted by Crippen LogP contribution is -2.24. The minimum atomic E-state index is -0.0417. The zero-order chi connectivity index (χ0) is 16.2. The molecule has 2 rings (SSSR count). The zero-order valence-electron chi connectivity index (χ0n) is 13.7. The lowest BCUT2D eigenvalue weighted by molar-refractivity contribution is -0.114. The van der Waals surface area contributed by atoms with Crippen molar-refractivity contribution in [2.45, 2.75) is 33.1 Å². The Morgan fingerprint density at radius 2 is 1.55 bits per heavy atom. The Bertz CT molecular complexity index is 656. The average Bonchev–Trinajstić information content (AvgIpc) is 2.46. The van der Waals surface area contributed by atoms with E-state index in [0.29, 0.717) is 0 Å². The number of amides is 1. The number of para-hydroxylation sites is 2. The fraction of sp³-hybridized carbons (Fsp3) is 0.316. The molecule has 0 atom stereocenters. The topological polar surface area (TPSA) is 41.1 Å². The number of hydrogen-bond donors (Lipinski definition) is 2. The normalized spacial score (nSPS) is 11.1. The molecule has 0 unspecified atom stereocenters. The Balaban J connectivity index is 2.03. The van der Waals surface area contributed by atoms with Crippen molar-refractivity contribution in [1.82, 2.24) is 0 Å². The summed E-state index contributed by atoms with van der Waals surface area (Å²) in [5, 5.41) is 6.18. The number of hydrogen-bond acceptors (Lipinski definition) is 2. The number of carbonyl (C=O) groups is 1. The smallest absolute Gasteiger partial charge is 0.243 e. The van der Waals surface area contributed by atoms with Crippen LogP contribution in [0.5, 0.6) is 0 Å². The van der Waals surface area contributed by atoms with E-state index in [1.807, 2.05) is 49.4 Å². The summed E-state index contributed by atoms with van der Waals surface area (Å²) in [4.78, 5) is 12.2. The van der Waals surface area contributed by atoms with Gasteiger partial charge in [0.1, 0.15) is 0 Å². The van der Waals surface area contributed by atoms with Gasteiger partial charge in [0, 0.05) is 11.4 Å². The van der Waals surface area contributed by atoms with Crippen molar-refractivity contribution >= 4 is 17.3 Å². The third kappa shape index (κ3) is 4.10. The van der Waals surface area contributed by atoms with Gasteiger partial charge >= 0.3 is 0 Å². The first-order valence-electron chi connectivity index (χ1n) is 7.57. The quantitative estimate of drug-likeness (QED) is 0.881. The molecule has 0 radical (unpaired) electrons. The number of anilines is 2. The second-order valence-corrected chi connectivity index (χ2v) is 6.51. The Hall–Kier alpha value is -2.29. The van der Waals surface area contributed by atoms with Crippen LogP contribution in [0.1, 0.15) is 31.9 Å². The summed E-state index contributed by atoms with van der Waals surface area (Å²) in [6.07, 6.45) is 0. The van der Waals surface area contributed by atoms with Gasteiger partial charge in [-0.3, -0.25) is 4.79 Å². The molecule has 0 bridgehead atoms. The standard InChI is InChI=1S/C19H24N2O/c1-14-9-5-7-11-16(14)20-13-18(22)21-17-12-8-6-10-15(17)19(2,3)4/h5-12,20H,13H2,1-4H3,(H,21,22). The van der Waals surface area contributed by atoms with Crippen molar-refractivity contribution in [2.24, 2.45) is 0 Å². The predicted molar refractivity (Wildman–Crippen MR) is 93.4 cm³/mol. The first-order valence-corrected chi connectivity index (χ1v) is 7.57. The molecule has 0 heterocycles. The Labute approximate surface area is 132 Å². The maximum atomic E-state index is 12.2. The fourth-order valence-electron chi connectivity index (χ4n) is 2.39. The maximum Gasteiger partial charge on any atom is 0.243 e. The molecule has 22 heavy (non-hydrogen) atoms. The summed E-state index contributed by atoms with van der Waals surface area (Å²) in [6.45, 7) is 8.70. The molecule has 3 nitrogen and oxygen atoms in total. The van der Waals surface area contributed by atoms with Crippen LogP contribution in [0.2, 0.25) is 0 Å². The van der Waals surface area contributed by atoms with E-state index in [0.717, 1.165) is 22.5 Å². The zero-order valence-corrected chi connectivity index (χ0v) is 13.7. The van der Waals surface area contributed by atoms with Crippen LogP contribution in [-0.4, -0.2) is 12.5 Å². The SMILES string of the molecule is Cc1ccccc1NCC(=O)Nc1ccccc1C(C)(C)C. The number of aryl methyl sites for hydroxylation is 1. The molecule has 116 valence electrons. The highest BCUT2D eigenvalue weighted by Gasteiger charge is 2.18. The van der Waals surface area contributed by atoms with Crippen molar-refractivity contribution in [3.05, 3.63) is 59.7 Å². The molecular formula is C19H24N2O. The van der Waals surface area contributed by atoms with E-state index in [4.69, 9.17) is 0 Å². The molecule has 0 aromatic heterocycles. The largest absolute Gasteiger partial charge is 0.376 e. The third-order valence-electron chi connectivity index (χ3n) is 3.59. The first-order chi connectivity index (χ1) is 10.4. The van der Waals surface area contributed by atoms with Crippen molar-refractivity contribution in [1.29, 1.82) is 0 Å². The molecule has 2 aromatic carbocycles. The van der Waals surface area contributed by atoms with Crippen molar-refractivity contribution < 1.29 is 4.79 Å². The highest BCUT2D eigenvalue weighted by molar-refractivity contribution is 5.94. The summed E-state index contributed by atoms with van der Waals surface area (Å²) in [5.74, 6) is -0.0417. The molecule has 0 spiro atoms. The summed E-state index contributed by atoms with van der Waals surface area (Å²) in [5.41, 5.74) is 4.13. The van der Waals surface area contributed by atoms with Gasteiger partial charge in [-0.05, 0) is 35.6 Å². The van der Waals surface area contributed by atoms with Gasteiger partial charge in [0.2, 0.25) is 5.91 Å². The summed E-state index contributed by atoms with van der Waals surface area (Å²) in [6, 6.07) is 15.9. The van der Waals surface area contributed by atoms with E-state index < -0.39 is 0 Å². The van der Waals surface area contributed by atoms with E-state index in [2.05, 4.69) is 37.5 Å². The molecule has 0 aliphatic rings. The minimum Gasteiger partial charge on any atom is -0.376 e. The predicted octanol–water partition coefficient (Wildman–Crippen LogP) is 4.34. The Morgan fingerprint density at radius 3 is 2.18 bits per heavy atom. The average molecular weight is 296 g/mol. The number of rotatable bonds is 4. The van der Waals surface area contributed by atoms with Crippen LogP contribution in [0.3, 0.4) is 0 Å². The van der Waals surface area contributed by atoms with Gasteiger partial charge in [0.15, 0.2) is 0 Å². The van der Waals surface area contributed by atoms with Gasteiger partial charge < -0.3 is 10.6 Å². The molecule has 1 amide bonds. The number of carbonyl (C=O) groups excluding carboxylic acids is 1. The lowest BCUT2D eigenvalue weighted by atomic mass is 9.86. The van der Waals surface area contributed by atoms with Gasteiger partial charge in [-0.15, -0.1) is 0 Å². The van der Waals surface area contributed by atoms with Gasteiger partial charge in [-0.25, -0.2) is 0 Å². The van der Waals surface area contributed by atoms with Crippen LogP contribution >= 0.6 is 0 Å². The fourth-order valence-corrected chi connectivity index (χ4v) is 2.39. The van der Waals surface area contributed by atoms with Gasteiger partial charge in [0.25, 0.3) is 0 Å². The third-order valence-corrected chi connectivity index (χ3v) is 3.59. The Kier molecular flexibility index (Phi) is 4.86. The van der Waals surface area contributed by atoms with Crippen LogP contribution in [0, 0.1) is 6.92 Å². The van der Waals surface area contributed by atoms with Gasteiger partial charge in [-0.1, -0.05) is 57.2 Å². The molecule has 2 N–H and O–H groups in total. The van der Waals surface area contributed by atoms with Crippen molar-refractivity contribution in [3.63, 3.8) is 0 Å². The van der Waals surface area contributed by atoms with E-state index in [9.17, 15) is 4.79 Å². The summed E-state index contributed by atoms with van der Waals surface area (Å²) >= 11 is 0. The molecule has 3 heteroatoms. The van der Waals surface area contributed by atoms with E-state index >= 15 is 0 Å². The monoisotopic (exact) mass is 296 g/mol. The molecule has 0 saturated carbocycles. The lowest BCUT2D eigenvalue weighted by Gasteiger charge is -2.23. The van der Waals surface area contributed by atoms with Gasteiger partial charge in [-0.2, -0.15) is 0 Å². The summed E-state index contributed by atoms with van der Waals surface area (Å²) in [7, 11) is 0. The summed E-state index contributed by atoms with van der Waals surface area (Å²) < 4.78 is 0. The van der Waals surface area contributed by atoms with Crippen molar-refractivity contribution in [3.8, 4) is 0 Å². The molecular weight excluding hydrogens is 272 g/mol. The minimum absolute atomic E-state index is 0.00663. The Morgan fingerprint density at radius 1 is 0.955 bits per heavy atom. The van der Waals surface area contributed by atoms with Crippen LogP contribution in [0.15, 0.2) is 48.5 Å². The second kappa shape index (κ2) is 6.65. The molecule has 2 aromatic rings. The molecule has 0 aliphatic carbocycles. The van der Waals surface area contributed by atoms with Crippen LogP contribution in [0.25, 0.3) is 0 Å². The number of benzene rings is 2. The first kappa shape index (κ1) is 16.1. The highest BCUT2D eigenvalue weighted by Crippen LogP contribution is 2.29. The van der Waals surface area contributed by atoms with Crippen molar-refractivity contribution in [2.75, 3.05) is 17.2 Å². The van der Waals surface area contributed by atoms with Crippen LogP contribution in [-0.2, 0) is 10.2 Å².